The normalized spacial score (nSPS) is 28.3. The molecular weight excluding hydrogens is 174 g/mol. The highest BCUT2D eigenvalue weighted by Gasteiger charge is 2.18. The molecule has 2 N–H and O–H groups in total. The maximum atomic E-state index is 9.34. The van der Waals surface area contributed by atoms with Gasteiger partial charge in [-0.25, -0.2) is 0 Å². The van der Waals surface area contributed by atoms with Crippen LogP contribution in [0.3, 0.4) is 0 Å². The molecule has 0 bridgehead atoms. The first-order chi connectivity index (χ1) is 6.68. The van der Waals surface area contributed by atoms with Crippen molar-refractivity contribution in [1.82, 2.24) is 5.32 Å². The number of hydrogen-bond donors (Lipinski definition) is 2. The Labute approximate surface area is 88.1 Å². The van der Waals surface area contributed by atoms with E-state index in [-0.39, 0.29) is 6.10 Å². The Balaban J connectivity index is 1.96. The lowest BCUT2D eigenvalue weighted by Crippen LogP contribution is -2.35. The Morgan fingerprint density at radius 3 is 2.43 bits per heavy atom. The second kappa shape index (κ2) is 6.41. The molecule has 84 valence electrons. The van der Waals surface area contributed by atoms with Gasteiger partial charge in [-0.3, -0.25) is 0 Å². The first kappa shape index (κ1) is 12.0. The largest absolute Gasteiger partial charge is 0.393 e. The summed E-state index contributed by atoms with van der Waals surface area (Å²) in [6.45, 7) is 5.70. The zero-order valence-corrected chi connectivity index (χ0v) is 9.63. The quantitative estimate of drug-likeness (QED) is 0.666. The Kier molecular flexibility index (Phi) is 5.49. The molecule has 1 saturated carbocycles. The highest BCUT2D eigenvalue weighted by atomic mass is 16.3. The molecule has 2 nitrogen and oxygen atoms in total. The molecule has 0 heterocycles. The van der Waals surface area contributed by atoms with Crippen molar-refractivity contribution < 1.29 is 5.11 Å². The fourth-order valence-electron chi connectivity index (χ4n) is 2.10. The van der Waals surface area contributed by atoms with Crippen molar-refractivity contribution in [2.75, 3.05) is 6.54 Å². The van der Waals surface area contributed by atoms with Gasteiger partial charge < -0.3 is 10.4 Å². The second-order valence-corrected chi connectivity index (χ2v) is 5.00. The number of aliphatic hydroxyl groups is 1. The molecule has 2 heteroatoms. The van der Waals surface area contributed by atoms with Gasteiger partial charge in [0.05, 0.1) is 6.10 Å². The third-order valence-corrected chi connectivity index (χ3v) is 3.09. The van der Waals surface area contributed by atoms with Crippen LogP contribution in [0.25, 0.3) is 0 Å². The number of rotatable bonds is 5. The fourth-order valence-corrected chi connectivity index (χ4v) is 2.10. The van der Waals surface area contributed by atoms with Gasteiger partial charge in [0.2, 0.25) is 0 Å². The Morgan fingerprint density at radius 2 is 1.86 bits per heavy atom. The first-order valence-electron chi connectivity index (χ1n) is 6.10. The average molecular weight is 199 g/mol. The number of hydrogen-bond acceptors (Lipinski definition) is 2. The van der Waals surface area contributed by atoms with Gasteiger partial charge in [-0.05, 0) is 51.0 Å². The Morgan fingerprint density at radius 1 is 1.21 bits per heavy atom. The molecule has 0 aromatic rings. The summed E-state index contributed by atoms with van der Waals surface area (Å²) < 4.78 is 0. The van der Waals surface area contributed by atoms with Gasteiger partial charge in [0.15, 0.2) is 0 Å². The van der Waals surface area contributed by atoms with Gasteiger partial charge in [-0.1, -0.05) is 13.8 Å². The summed E-state index contributed by atoms with van der Waals surface area (Å²) in [7, 11) is 0. The van der Waals surface area contributed by atoms with E-state index in [1.54, 1.807) is 0 Å². The molecule has 0 aromatic heterocycles. The van der Waals surface area contributed by atoms with Crippen LogP contribution in [0.4, 0.5) is 0 Å². The highest BCUT2D eigenvalue weighted by molar-refractivity contribution is 4.76. The first-order valence-corrected chi connectivity index (χ1v) is 6.10. The van der Waals surface area contributed by atoms with Crippen LogP contribution in [0, 0.1) is 5.92 Å². The SMILES string of the molecule is CC(C)CCCNC1CCC(O)CC1. The predicted molar refractivity (Wildman–Crippen MR) is 60.3 cm³/mol. The van der Waals surface area contributed by atoms with Crippen molar-refractivity contribution in [1.29, 1.82) is 0 Å². The molecule has 0 unspecified atom stereocenters. The van der Waals surface area contributed by atoms with E-state index < -0.39 is 0 Å². The van der Waals surface area contributed by atoms with E-state index >= 15 is 0 Å². The molecule has 0 amide bonds. The second-order valence-electron chi connectivity index (χ2n) is 5.00. The summed E-state index contributed by atoms with van der Waals surface area (Å²) in [4.78, 5) is 0. The van der Waals surface area contributed by atoms with Crippen molar-refractivity contribution in [3.63, 3.8) is 0 Å². The van der Waals surface area contributed by atoms with E-state index in [0.717, 1.165) is 38.1 Å². The monoisotopic (exact) mass is 199 g/mol. The standard InChI is InChI=1S/C12H25NO/c1-10(2)4-3-9-13-11-5-7-12(14)8-6-11/h10-14H,3-9H2,1-2H3. The summed E-state index contributed by atoms with van der Waals surface area (Å²) in [6, 6.07) is 0.672. The molecule has 1 fully saturated rings. The minimum Gasteiger partial charge on any atom is -0.393 e. The lowest BCUT2D eigenvalue weighted by atomic mass is 9.93. The van der Waals surface area contributed by atoms with Crippen molar-refractivity contribution in [3.05, 3.63) is 0 Å². The van der Waals surface area contributed by atoms with E-state index in [9.17, 15) is 5.11 Å². The van der Waals surface area contributed by atoms with E-state index in [1.165, 1.54) is 12.8 Å². The van der Waals surface area contributed by atoms with Crippen LogP contribution in [0.2, 0.25) is 0 Å². The topological polar surface area (TPSA) is 32.3 Å². The maximum absolute atomic E-state index is 9.34. The van der Waals surface area contributed by atoms with Crippen LogP contribution >= 0.6 is 0 Å². The Bertz CT molecular complexity index is 139. The zero-order chi connectivity index (χ0) is 10.4. The number of aliphatic hydroxyl groups excluding tert-OH is 1. The minimum absolute atomic E-state index is 0.0243. The molecule has 1 aliphatic carbocycles. The molecule has 1 aliphatic rings. The molecule has 0 aliphatic heterocycles. The Hall–Kier alpha value is -0.0800. The highest BCUT2D eigenvalue weighted by Crippen LogP contribution is 2.18. The van der Waals surface area contributed by atoms with Crippen molar-refractivity contribution >= 4 is 0 Å². The number of nitrogens with one attached hydrogen (secondary N) is 1. The van der Waals surface area contributed by atoms with Crippen LogP contribution in [-0.2, 0) is 0 Å². The third kappa shape index (κ3) is 4.97. The van der Waals surface area contributed by atoms with E-state index in [4.69, 9.17) is 0 Å². The van der Waals surface area contributed by atoms with E-state index in [0.29, 0.717) is 6.04 Å². The summed E-state index contributed by atoms with van der Waals surface area (Å²) in [6.07, 6.45) is 6.87. The molecular formula is C12H25NO. The summed E-state index contributed by atoms with van der Waals surface area (Å²) >= 11 is 0. The van der Waals surface area contributed by atoms with Gasteiger partial charge >= 0.3 is 0 Å². The molecule has 0 saturated heterocycles. The van der Waals surface area contributed by atoms with E-state index in [2.05, 4.69) is 19.2 Å². The van der Waals surface area contributed by atoms with Crippen molar-refractivity contribution in [2.24, 2.45) is 5.92 Å². The predicted octanol–water partition coefficient (Wildman–Crippen LogP) is 2.32. The third-order valence-electron chi connectivity index (χ3n) is 3.09. The summed E-state index contributed by atoms with van der Waals surface area (Å²) in [5.74, 6) is 0.824. The van der Waals surface area contributed by atoms with Crippen LogP contribution < -0.4 is 5.32 Å². The summed E-state index contributed by atoms with van der Waals surface area (Å²) in [5.41, 5.74) is 0. The van der Waals surface area contributed by atoms with Crippen LogP contribution in [-0.4, -0.2) is 23.8 Å². The van der Waals surface area contributed by atoms with E-state index in [1.807, 2.05) is 0 Å². The van der Waals surface area contributed by atoms with Gasteiger partial charge in [0, 0.05) is 6.04 Å². The lowest BCUT2D eigenvalue weighted by Gasteiger charge is -2.26. The fraction of sp³-hybridized carbons (Fsp3) is 1.00. The van der Waals surface area contributed by atoms with Crippen molar-refractivity contribution in [3.8, 4) is 0 Å². The van der Waals surface area contributed by atoms with Gasteiger partial charge in [0.1, 0.15) is 0 Å². The van der Waals surface area contributed by atoms with Gasteiger partial charge in [-0.15, -0.1) is 0 Å². The van der Waals surface area contributed by atoms with Crippen molar-refractivity contribution in [2.45, 2.75) is 64.5 Å². The smallest absolute Gasteiger partial charge is 0.0541 e. The van der Waals surface area contributed by atoms with Crippen LogP contribution in [0.15, 0.2) is 0 Å². The molecule has 0 aromatic carbocycles. The molecule has 0 radical (unpaired) electrons. The van der Waals surface area contributed by atoms with Crippen LogP contribution in [0.5, 0.6) is 0 Å². The maximum Gasteiger partial charge on any atom is 0.0541 e. The minimum atomic E-state index is -0.0243. The molecule has 14 heavy (non-hydrogen) atoms. The summed E-state index contributed by atoms with van der Waals surface area (Å²) in [5, 5.41) is 12.9. The average Bonchev–Trinajstić information content (AvgIpc) is 2.15. The van der Waals surface area contributed by atoms with Gasteiger partial charge in [-0.2, -0.15) is 0 Å². The lowest BCUT2D eigenvalue weighted by molar-refractivity contribution is 0.116. The molecule has 0 atom stereocenters. The molecule has 1 rings (SSSR count). The van der Waals surface area contributed by atoms with Gasteiger partial charge in [0.25, 0.3) is 0 Å². The molecule has 0 spiro atoms. The van der Waals surface area contributed by atoms with Crippen LogP contribution in [0.1, 0.15) is 52.4 Å². The zero-order valence-electron chi connectivity index (χ0n) is 9.63.